The predicted molar refractivity (Wildman–Crippen MR) is 74.3 cm³/mol. The van der Waals surface area contributed by atoms with Gasteiger partial charge in [0.2, 0.25) is 11.5 Å². The quantitative estimate of drug-likeness (QED) is 0.796. The van der Waals surface area contributed by atoms with Crippen molar-refractivity contribution in [1.82, 2.24) is 14.5 Å². The lowest BCUT2D eigenvalue weighted by Crippen LogP contribution is -2.39. The Hall–Kier alpha value is -2.64. The molecular weight excluding hydrogens is 308 g/mol. The summed E-state index contributed by atoms with van der Waals surface area (Å²) < 4.78 is 40.3. The van der Waals surface area contributed by atoms with Crippen LogP contribution in [0.25, 0.3) is 0 Å². The first-order valence-corrected chi connectivity index (χ1v) is 7.11. The Labute approximate surface area is 130 Å². The van der Waals surface area contributed by atoms with Gasteiger partial charge in [-0.05, 0) is 12.1 Å². The van der Waals surface area contributed by atoms with E-state index in [2.05, 4.69) is 4.98 Å². The van der Waals surface area contributed by atoms with E-state index in [1.54, 1.807) is 17.8 Å². The number of nitrogens with zero attached hydrogens (tertiary/aromatic N) is 3. The molecular formula is C15H13F2N3O3. The number of ether oxygens (including phenoxy) is 2. The van der Waals surface area contributed by atoms with Crippen molar-refractivity contribution in [2.24, 2.45) is 7.05 Å². The van der Waals surface area contributed by atoms with Crippen molar-refractivity contribution < 1.29 is 23.0 Å². The summed E-state index contributed by atoms with van der Waals surface area (Å²) in [5.74, 6) is -2.11. The number of likely N-dealkylation sites (tertiary alicyclic amines) is 1. The number of aryl methyl sites for hydroxylation is 1. The minimum atomic E-state index is -0.686. The lowest BCUT2D eigenvalue weighted by molar-refractivity contribution is 0.0467. The highest BCUT2D eigenvalue weighted by molar-refractivity contribution is 5.92. The van der Waals surface area contributed by atoms with E-state index in [0.29, 0.717) is 5.69 Å². The van der Waals surface area contributed by atoms with Gasteiger partial charge in [0.25, 0.3) is 5.91 Å². The van der Waals surface area contributed by atoms with Crippen LogP contribution in [0.4, 0.5) is 8.78 Å². The monoisotopic (exact) mass is 321 g/mol. The largest absolute Gasteiger partial charge is 0.478 e. The Morgan fingerprint density at radius 2 is 1.74 bits per heavy atom. The summed E-state index contributed by atoms with van der Waals surface area (Å²) in [6.45, 7) is 0.463. The van der Waals surface area contributed by atoms with E-state index < -0.39 is 23.8 Å². The maximum Gasteiger partial charge on any atom is 0.274 e. The minimum absolute atomic E-state index is 0.232. The molecule has 0 aliphatic carbocycles. The molecule has 0 bridgehead atoms. The number of carbonyl (C=O) groups is 1. The molecule has 4 rings (SSSR count). The van der Waals surface area contributed by atoms with Gasteiger partial charge >= 0.3 is 0 Å². The molecule has 1 saturated heterocycles. The molecule has 3 heterocycles. The van der Waals surface area contributed by atoms with Crippen LogP contribution in [-0.4, -0.2) is 45.7 Å². The van der Waals surface area contributed by atoms with Gasteiger partial charge in [-0.1, -0.05) is 0 Å². The molecule has 1 aromatic carbocycles. The van der Waals surface area contributed by atoms with E-state index in [4.69, 9.17) is 9.47 Å². The fraction of sp³-hybridized carbons (Fsp3) is 0.333. The van der Waals surface area contributed by atoms with Crippen molar-refractivity contribution >= 4 is 5.91 Å². The number of hydrogen-bond donors (Lipinski definition) is 0. The van der Waals surface area contributed by atoms with Crippen molar-refractivity contribution in [3.8, 4) is 11.5 Å². The Kier molecular flexibility index (Phi) is 3.00. The van der Waals surface area contributed by atoms with Crippen molar-refractivity contribution in [1.29, 1.82) is 0 Å². The number of fused-ring (bicyclic) bond motifs is 2. The lowest BCUT2D eigenvalue weighted by atomic mass is 10.2. The summed E-state index contributed by atoms with van der Waals surface area (Å²) in [5, 5.41) is 0. The van der Waals surface area contributed by atoms with Crippen LogP contribution in [-0.2, 0) is 7.05 Å². The number of halogens is 2. The highest BCUT2D eigenvalue weighted by Gasteiger charge is 2.44. The average molecular weight is 321 g/mol. The van der Waals surface area contributed by atoms with Crippen LogP contribution in [0.5, 0.6) is 11.5 Å². The highest BCUT2D eigenvalue weighted by Crippen LogP contribution is 2.40. The SMILES string of the molecule is Cn1cnc(C(=O)N2C[C@@H]3Oc4c(F)ccc(F)c4O[C@@H]3C2)c1. The summed E-state index contributed by atoms with van der Waals surface area (Å²) in [6.07, 6.45) is 2.07. The second-order valence-electron chi connectivity index (χ2n) is 5.63. The Morgan fingerprint density at radius 3 is 2.22 bits per heavy atom. The van der Waals surface area contributed by atoms with Gasteiger partial charge in [0.15, 0.2) is 23.8 Å². The molecule has 0 radical (unpaired) electrons. The summed E-state index contributed by atoms with van der Waals surface area (Å²) in [6, 6.07) is 1.98. The summed E-state index contributed by atoms with van der Waals surface area (Å²) in [7, 11) is 1.77. The third kappa shape index (κ3) is 2.21. The van der Waals surface area contributed by atoms with Gasteiger partial charge in [-0.3, -0.25) is 4.79 Å². The van der Waals surface area contributed by atoms with E-state index >= 15 is 0 Å². The number of rotatable bonds is 1. The van der Waals surface area contributed by atoms with E-state index in [-0.39, 0.29) is 30.5 Å². The van der Waals surface area contributed by atoms with E-state index in [1.807, 2.05) is 0 Å². The molecule has 0 saturated carbocycles. The van der Waals surface area contributed by atoms with Crippen molar-refractivity contribution in [3.63, 3.8) is 0 Å². The average Bonchev–Trinajstić information content (AvgIpc) is 3.14. The second-order valence-corrected chi connectivity index (χ2v) is 5.63. The maximum absolute atomic E-state index is 13.8. The first-order chi connectivity index (χ1) is 11.0. The first kappa shape index (κ1) is 14.0. The molecule has 0 N–H and O–H groups in total. The molecule has 0 spiro atoms. The number of carbonyl (C=O) groups excluding carboxylic acids is 1. The fourth-order valence-electron chi connectivity index (χ4n) is 2.86. The molecule has 2 atom stereocenters. The third-order valence-electron chi connectivity index (χ3n) is 3.98. The topological polar surface area (TPSA) is 56.6 Å². The summed E-state index contributed by atoms with van der Waals surface area (Å²) in [5.41, 5.74) is 0.307. The van der Waals surface area contributed by atoms with Crippen LogP contribution in [0.2, 0.25) is 0 Å². The molecule has 0 unspecified atom stereocenters. The number of amides is 1. The minimum Gasteiger partial charge on any atom is -0.478 e. The number of aromatic nitrogens is 2. The van der Waals surface area contributed by atoms with Gasteiger partial charge in [0.05, 0.1) is 19.4 Å². The van der Waals surface area contributed by atoms with E-state index in [0.717, 1.165) is 12.1 Å². The summed E-state index contributed by atoms with van der Waals surface area (Å²) in [4.78, 5) is 17.9. The zero-order valence-corrected chi connectivity index (χ0v) is 12.2. The standard InChI is InChI=1S/C15H13F2N3O3/c1-19-4-10(18-7-19)15(21)20-5-11-12(6-20)23-14-9(17)3-2-8(16)13(14)22-11/h2-4,7,11-12H,5-6H2,1H3/t11-,12+. The Bertz CT molecular complexity index is 753. The smallest absolute Gasteiger partial charge is 0.274 e. The molecule has 6 nitrogen and oxygen atoms in total. The lowest BCUT2D eigenvalue weighted by Gasteiger charge is -2.28. The van der Waals surface area contributed by atoms with Crippen molar-refractivity contribution in [2.45, 2.75) is 12.2 Å². The molecule has 2 aromatic rings. The van der Waals surface area contributed by atoms with Crippen LogP contribution in [0, 0.1) is 11.6 Å². The second kappa shape index (κ2) is 4.94. The molecule has 1 amide bonds. The molecule has 2 aliphatic heterocycles. The molecule has 1 aromatic heterocycles. The van der Waals surface area contributed by atoms with Crippen LogP contribution < -0.4 is 9.47 Å². The van der Waals surface area contributed by atoms with Gasteiger partial charge in [0, 0.05) is 13.2 Å². The van der Waals surface area contributed by atoms with Crippen LogP contribution in [0.1, 0.15) is 10.5 Å². The zero-order valence-electron chi connectivity index (χ0n) is 12.2. The van der Waals surface area contributed by atoms with Gasteiger partial charge in [-0.2, -0.15) is 0 Å². The normalized spacial score (nSPS) is 22.1. The number of imidazole rings is 1. The van der Waals surface area contributed by atoms with Crippen molar-refractivity contribution in [3.05, 3.63) is 42.0 Å². The number of hydrogen-bond acceptors (Lipinski definition) is 4. The molecule has 23 heavy (non-hydrogen) atoms. The molecule has 120 valence electrons. The first-order valence-electron chi connectivity index (χ1n) is 7.11. The maximum atomic E-state index is 13.8. The van der Waals surface area contributed by atoms with E-state index in [1.165, 1.54) is 11.2 Å². The third-order valence-corrected chi connectivity index (χ3v) is 3.98. The predicted octanol–water partition coefficient (Wildman–Crippen LogP) is 1.36. The summed E-state index contributed by atoms with van der Waals surface area (Å²) >= 11 is 0. The number of benzene rings is 1. The van der Waals surface area contributed by atoms with Crippen molar-refractivity contribution in [2.75, 3.05) is 13.1 Å². The molecule has 1 fully saturated rings. The van der Waals surface area contributed by atoms with E-state index in [9.17, 15) is 13.6 Å². The fourth-order valence-corrected chi connectivity index (χ4v) is 2.86. The Balaban J connectivity index is 1.57. The Morgan fingerprint density at radius 1 is 1.17 bits per heavy atom. The van der Waals surface area contributed by atoms with Gasteiger partial charge in [0.1, 0.15) is 5.69 Å². The zero-order chi connectivity index (χ0) is 16.1. The van der Waals surface area contributed by atoms with Crippen LogP contribution in [0.3, 0.4) is 0 Å². The van der Waals surface area contributed by atoms with Crippen LogP contribution >= 0.6 is 0 Å². The highest BCUT2D eigenvalue weighted by atomic mass is 19.1. The van der Waals surface area contributed by atoms with Gasteiger partial charge in [-0.25, -0.2) is 13.8 Å². The van der Waals surface area contributed by atoms with Crippen LogP contribution in [0.15, 0.2) is 24.7 Å². The van der Waals surface area contributed by atoms with Gasteiger partial charge in [-0.15, -0.1) is 0 Å². The van der Waals surface area contributed by atoms with Gasteiger partial charge < -0.3 is 18.9 Å². The molecule has 2 aliphatic rings. The molecule has 8 heteroatoms.